The van der Waals surface area contributed by atoms with Gasteiger partial charge in [0.1, 0.15) is 0 Å². The zero-order valence-electron chi connectivity index (χ0n) is 10.4. The van der Waals surface area contributed by atoms with Gasteiger partial charge in [0.25, 0.3) is 5.89 Å². The normalized spacial score (nSPS) is 11.9. The summed E-state index contributed by atoms with van der Waals surface area (Å²) in [5.41, 5.74) is 0.0688. The molecule has 0 unspecified atom stereocenters. The second-order valence-electron chi connectivity index (χ2n) is 4.57. The first-order valence-electron chi connectivity index (χ1n) is 5.72. The molecule has 0 saturated carbocycles. The zero-order valence-corrected chi connectivity index (χ0v) is 10.4. The monoisotopic (exact) mass is 235 g/mol. The SMILES string of the molecule is CCC(C)(C)NCc1nnc(-c2ccco2)o1. The van der Waals surface area contributed by atoms with Crippen LogP contribution in [0.2, 0.25) is 0 Å². The molecule has 0 spiro atoms. The van der Waals surface area contributed by atoms with Crippen molar-refractivity contribution in [3.63, 3.8) is 0 Å². The molecule has 0 fully saturated rings. The molecule has 5 nitrogen and oxygen atoms in total. The standard InChI is InChI=1S/C12H17N3O2/c1-4-12(2,3)13-8-10-14-15-11(17-10)9-6-5-7-16-9/h5-7,13H,4,8H2,1-3H3. The molecule has 0 aliphatic carbocycles. The van der Waals surface area contributed by atoms with E-state index in [1.165, 1.54) is 0 Å². The van der Waals surface area contributed by atoms with E-state index in [0.29, 0.717) is 24.1 Å². The van der Waals surface area contributed by atoms with Crippen molar-refractivity contribution in [3.8, 4) is 11.7 Å². The van der Waals surface area contributed by atoms with Crippen LogP contribution in [0.1, 0.15) is 33.1 Å². The molecule has 92 valence electrons. The molecule has 0 aromatic carbocycles. The van der Waals surface area contributed by atoms with Crippen LogP contribution in [0, 0.1) is 0 Å². The minimum Gasteiger partial charge on any atom is -0.459 e. The van der Waals surface area contributed by atoms with Gasteiger partial charge in [0.05, 0.1) is 12.8 Å². The number of nitrogens with zero attached hydrogens (tertiary/aromatic N) is 2. The molecule has 0 aliphatic rings. The van der Waals surface area contributed by atoms with Crippen LogP contribution in [0.4, 0.5) is 0 Å². The number of aromatic nitrogens is 2. The molecular formula is C12H17N3O2. The van der Waals surface area contributed by atoms with E-state index in [-0.39, 0.29) is 5.54 Å². The molecular weight excluding hydrogens is 218 g/mol. The van der Waals surface area contributed by atoms with Gasteiger partial charge in [-0.25, -0.2) is 0 Å². The lowest BCUT2D eigenvalue weighted by atomic mass is 10.0. The average Bonchev–Trinajstić information content (AvgIpc) is 2.97. The van der Waals surface area contributed by atoms with Crippen molar-refractivity contribution in [1.29, 1.82) is 0 Å². The van der Waals surface area contributed by atoms with Crippen LogP contribution in [-0.4, -0.2) is 15.7 Å². The number of hydrogen-bond donors (Lipinski definition) is 1. The average molecular weight is 235 g/mol. The number of hydrogen-bond acceptors (Lipinski definition) is 5. The molecule has 2 heterocycles. The molecule has 0 atom stereocenters. The Bertz CT molecular complexity index is 460. The summed E-state index contributed by atoms with van der Waals surface area (Å²) in [4.78, 5) is 0. The lowest BCUT2D eigenvalue weighted by Gasteiger charge is -2.23. The molecule has 17 heavy (non-hydrogen) atoms. The predicted molar refractivity (Wildman–Crippen MR) is 63.2 cm³/mol. The molecule has 0 bridgehead atoms. The van der Waals surface area contributed by atoms with E-state index in [0.717, 1.165) is 6.42 Å². The molecule has 1 N–H and O–H groups in total. The summed E-state index contributed by atoms with van der Waals surface area (Å²) < 4.78 is 10.7. The Labute approximate surface area is 100 Å². The van der Waals surface area contributed by atoms with Crippen molar-refractivity contribution in [2.24, 2.45) is 0 Å². The maximum Gasteiger partial charge on any atom is 0.283 e. The van der Waals surface area contributed by atoms with E-state index in [1.54, 1.807) is 18.4 Å². The Kier molecular flexibility index (Phi) is 3.28. The third kappa shape index (κ3) is 2.94. The fourth-order valence-corrected chi connectivity index (χ4v) is 1.26. The highest BCUT2D eigenvalue weighted by Crippen LogP contribution is 2.18. The molecule has 2 aromatic rings. The van der Waals surface area contributed by atoms with Crippen LogP contribution in [-0.2, 0) is 6.54 Å². The highest BCUT2D eigenvalue weighted by Gasteiger charge is 2.16. The Morgan fingerprint density at radius 3 is 2.82 bits per heavy atom. The van der Waals surface area contributed by atoms with Gasteiger partial charge in [-0.05, 0) is 32.4 Å². The first-order chi connectivity index (χ1) is 8.11. The second-order valence-corrected chi connectivity index (χ2v) is 4.57. The van der Waals surface area contributed by atoms with E-state index in [9.17, 15) is 0 Å². The Morgan fingerprint density at radius 1 is 1.35 bits per heavy atom. The number of rotatable bonds is 5. The smallest absolute Gasteiger partial charge is 0.283 e. The Hall–Kier alpha value is -1.62. The van der Waals surface area contributed by atoms with Crippen molar-refractivity contribution < 1.29 is 8.83 Å². The summed E-state index contributed by atoms with van der Waals surface area (Å²) in [6.45, 7) is 6.97. The maximum absolute atomic E-state index is 5.49. The van der Waals surface area contributed by atoms with E-state index in [1.807, 2.05) is 0 Å². The molecule has 0 amide bonds. The van der Waals surface area contributed by atoms with Crippen LogP contribution < -0.4 is 5.32 Å². The van der Waals surface area contributed by atoms with Crippen LogP contribution in [0.3, 0.4) is 0 Å². The number of furan rings is 1. The molecule has 0 aliphatic heterocycles. The van der Waals surface area contributed by atoms with E-state index < -0.39 is 0 Å². The van der Waals surface area contributed by atoms with Crippen molar-refractivity contribution in [2.75, 3.05) is 0 Å². The second kappa shape index (κ2) is 4.71. The van der Waals surface area contributed by atoms with Gasteiger partial charge < -0.3 is 14.2 Å². The summed E-state index contributed by atoms with van der Waals surface area (Å²) in [5, 5.41) is 11.3. The van der Waals surface area contributed by atoms with Crippen LogP contribution in [0.25, 0.3) is 11.7 Å². The van der Waals surface area contributed by atoms with Gasteiger partial charge in [0, 0.05) is 5.54 Å². The van der Waals surface area contributed by atoms with Gasteiger partial charge in [0.2, 0.25) is 5.89 Å². The van der Waals surface area contributed by atoms with Gasteiger partial charge in [-0.3, -0.25) is 0 Å². The summed E-state index contributed by atoms with van der Waals surface area (Å²) in [7, 11) is 0. The van der Waals surface area contributed by atoms with Crippen molar-refractivity contribution >= 4 is 0 Å². The fourth-order valence-electron chi connectivity index (χ4n) is 1.26. The minimum atomic E-state index is 0.0688. The molecule has 2 rings (SSSR count). The molecule has 0 saturated heterocycles. The van der Waals surface area contributed by atoms with Gasteiger partial charge >= 0.3 is 0 Å². The van der Waals surface area contributed by atoms with E-state index >= 15 is 0 Å². The first-order valence-corrected chi connectivity index (χ1v) is 5.72. The fraction of sp³-hybridized carbons (Fsp3) is 0.500. The highest BCUT2D eigenvalue weighted by molar-refractivity contribution is 5.42. The largest absolute Gasteiger partial charge is 0.459 e. The van der Waals surface area contributed by atoms with E-state index in [4.69, 9.17) is 8.83 Å². The van der Waals surface area contributed by atoms with Gasteiger partial charge in [0.15, 0.2) is 5.76 Å². The lowest BCUT2D eigenvalue weighted by Crippen LogP contribution is -2.37. The third-order valence-electron chi connectivity index (χ3n) is 2.80. The predicted octanol–water partition coefficient (Wildman–Crippen LogP) is 2.61. The quantitative estimate of drug-likeness (QED) is 0.863. The summed E-state index contributed by atoms with van der Waals surface area (Å²) in [6.07, 6.45) is 2.61. The summed E-state index contributed by atoms with van der Waals surface area (Å²) >= 11 is 0. The zero-order chi connectivity index (χ0) is 12.3. The Morgan fingerprint density at radius 2 is 2.18 bits per heavy atom. The Balaban J connectivity index is 2.00. The molecule has 2 aromatic heterocycles. The van der Waals surface area contributed by atoms with Crippen molar-refractivity contribution in [2.45, 2.75) is 39.3 Å². The van der Waals surface area contributed by atoms with Gasteiger partial charge in [-0.2, -0.15) is 0 Å². The van der Waals surface area contributed by atoms with Crippen LogP contribution in [0.15, 0.2) is 27.2 Å². The van der Waals surface area contributed by atoms with Crippen molar-refractivity contribution in [1.82, 2.24) is 15.5 Å². The van der Waals surface area contributed by atoms with Gasteiger partial charge in [-0.15, -0.1) is 10.2 Å². The van der Waals surface area contributed by atoms with Crippen molar-refractivity contribution in [3.05, 3.63) is 24.3 Å². The van der Waals surface area contributed by atoms with E-state index in [2.05, 4.69) is 36.3 Å². The van der Waals surface area contributed by atoms with Gasteiger partial charge in [-0.1, -0.05) is 6.92 Å². The number of nitrogens with one attached hydrogen (secondary N) is 1. The van der Waals surface area contributed by atoms with Crippen LogP contribution in [0.5, 0.6) is 0 Å². The summed E-state index contributed by atoms with van der Waals surface area (Å²) in [6, 6.07) is 3.58. The lowest BCUT2D eigenvalue weighted by molar-refractivity contribution is 0.347. The first kappa shape index (κ1) is 11.9. The maximum atomic E-state index is 5.49. The summed E-state index contributed by atoms with van der Waals surface area (Å²) in [5.74, 6) is 1.58. The van der Waals surface area contributed by atoms with Crippen LogP contribution >= 0.6 is 0 Å². The minimum absolute atomic E-state index is 0.0688. The highest BCUT2D eigenvalue weighted by atomic mass is 16.4. The molecule has 5 heteroatoms. The molecule has 0 radical (unpaired) electrons. The third-order valence-corrected chi connectivity index (χ3v) is 2.80. The topological polar surface area (TPSA) is 64.1 Å².